The monoisotopic (exact) mass is 279 g/mol. The first-order valence-corrected chi connectivity index (χ1v) is 6.37. The smallest absolute Gasteiger partial charge is 0.0141 e. The average molecular weight is 279 g/mol. The van der Waals surface area contributed by atoms with Crippen molar-refractivity contribution in [2.45, 2.75) is 42.1 Å². The van der Waals surface area contributed by atoms with Crippen LogP contribution in [0.2, 0.25) is 0 Å². The van der Waals surface area contributed by atoms with Gasteiger partial charge in [-0.25, -0.2) is 0 Å². The maximum absolute atomic E-state index is 3.35. The highest BCUT2D eigenvalue weighted by Gasteiger charge is 2.37. The predicted octanol–water partition coefficient (Wildman–Crippen LogP) is 2.59. The fourth-order valence-corrected chi connectivity index (χ4v) is 3.08. The summed E-state index contributed by atoms with van der Waals surface area (Å²) in [4.78, 5) is 0. The number of rotatable bonds is 5. The number of alkyl halides is 1. The van der Waals surface area contributed by atoms with Gasteiger partial charge in [0.1, 0.15) is 0 Å². The van der Waals surface area contributed by atoms with Gasteiger partial charge in [0.15, 0.2) is 0 Å². The van der Waals surface area contributed by atoms with E-state index in [0.29, 0.717) is 0 Å². The molecule has 4 atom stereocenters. The molecule has 0 saturated heterocycles. The third-order valence-corrected chi connectivity index (χ3v) is 4.81. The Kier molecular flexibility index (Phi) is 2.95. The average Bonchev–Trinajstić information content (AvgIpc) is 2.92. The van der Waals surface area contributed by atoms with E-state index in [1.165, 1.54) is 32.1 Å². The highest BCUT2D eigenvalue weighted by molar-refractivity contribution is 14.1. The Morgan fingerprint density at radius 2 is 1.92 bits per heavy atom. The lowest BCUT2D eigenvalue weighted by atomic mass is 10.1. The molecule has 0 amide bonds. The Morgan fingerprint density at radius 1 is 1.25 bits per heavy atom. The van der Waals surface area contributed by atoms with E-state index in [1.54, 1.807) is 0 Å². The molecule has 0 radical (unpaired) electrons. The summed E-state index contributed by atoms with van der Waals surface area (Å²) in [5.74, 6) is 2.12. The maximum atomic E-state index is 3.35. The molecule has 2 heteroatoms. The summed E-state index contributed by atoms with van der Waals surface area (Å²) in [6.45, 7) is 0. The van der Waals surface area contributed by atoms with Gasteiger partial charge in [-0.05, 0) is 44.6 Å². The molecule has 0 bridgehead atoms. The van der Waals surface area contributed by atoms with Gasteiger partial charge in [0, 0.05) is 9.97 Å². The zero-order valence-corrected chi connectivity index (χ0v) is 9.88. The molecule has 0 aromatic carbocycles. The molecule has 70 valence electrons. The van der Waals surface area contributed by atoms with Gasteiger partial charge in [0.2, 0.25) is 0 Å². The van der Waals surface area contributed by atoms with Crippen LogP contribution in [0, 0.1) is 11.8 Å². The maximum Gasteiger partial charge on any atom is 0.0141 e. The van der Waals surface area contributed by atoms with E-state index in [-0.39, 0.29) is 0 Å². The van der Waals surface area contributed by atoms with Crippen LogP contribution in [0.1, 0.15) is 32.1 Å². The van der Waals surface area contributed by atoms with Crippen LogP contribution in [0.4, 0.5) is 0 Å². The van der Waals surface area contributed by atoms with Crippen molar-refractivity contribution >= 4 is 22.6 Å². The Balaban J connectivity index is 1.48. The molecule has 12 heavy (non-hydrogen) atoms. The lowest BCUT2D eigenvalue weighted by Gasteiger charge is -1.98. The third kappa shape index (κ3) is 2.34. The highest BCUT2D eigenvalue weighted by Crippen LogP contribution is 2.43. The van der Waals surface area contributed by atoms with Crippen molar-refractivity contribution in [1.29, 1.82) is 0 Å². The number of halogens is 1. The van der Waals surface area contributed by atoms with E-state index >= 15 is 0 Å². The lowest BCUT2D eigenvalue weighted by molar-refractivity contribution is 0.570. The largest absolute Gasteiger partial charge is 0.317 e. The summed E-state index contributed by atoms with van der Waals surface area (Å²) in [6, 6.07) is 0.875. The Labute approximate surface area is 88.8 Å². The van der Waals surface area contributed by atoms with Crippen molar-refractivity contribution in [3.05, 3.63) is 0 Å². The summed E-state index contributed by atoms with van der Waals surface area (Å²) >= 11 is 2.59. The van der Waals surface area contributed by atoms with E-state index in [1.807, 2.05) is 0 Å². The van der Waals surface area contributed by atoms with E-state index in [0.717, 1.165) is 21.8 Å². The molecular formula is C10H18IN. The standard InChI is InChI=1S/C10H18IN/c1-12-10-6-8(10)4-2-3-7-5-9(7)11/h7-10,12H,2-6H2,1H3. The van der Waals surface area contributed by atoms with Crippen LogP contribution in [0.25, 0.3) is 0 Å². The molecule has 2 aliphatic rings. The van der Waals surface area contributed by atoms with Gasteiger partial charge in [0.05, 0.1) is 0 Å². The summed E-state index contributed by atoms with van der Waals surface area (Å²) < 4.78 is 1.03. The lowest BCUT2D eigenvalue weighted by Crippen LogP contribution is -2.10. The molecule has 2 fully saturated rings. The van der Waals surface area contributed by atoms with Crippen molar-refractivity contribution in [3.8, 4) is 0 Å². The van der Waals surface area contributed by atoms with E-state index < -0.39 is 0 Å². The zero-order valence-electron chi connectivity index (χ0n) is 7.72. The molecule has 1 N–H and O–H groups in total. The zero-order chi connectivity index (χ0) is 8.55. The number of nitrogens with one attached hydrogen (secondary N) is 1. The van der Waals surface area contributed by atoms with Gasteiger partial charge >= 0.3 is 0 Å². The minimum atomic E-state index is 0.875. The Morgan fingerprint density at radius 3 is 2.42 bits per heavy atom. The van der Waals surface area contributed by atoms with Crippen LogP contribution < -0.4 is 5.32 Å². The third-order valence-electron chi connectivity index (χ3n) is 3.28. The molecule has 0 aromatic rings. The fraction of sp³-hybridized carbons (Fsp3) is 1.00. The van der Waals surface area contributed by atoms with Crippen molar-refractivity contribution in [2.24, 2.45) is 11.8 Å². The van der Waals surface area contributed by atoms with E-state index in [9.17, 15) is 0 Å². The van der Waals surface area contributed by atoms with Gasteiger partial charge < -0.3 is 5.32 Å². The fourth-order valence-electron chi connectivity index (χ4n) is 2.07. The van der Waals surface area contributed by atoms with Gasteiger partial charge in [0.25, 0.3) is 0 Å². The quantitative estimate of drug-likeness (QED) is 0.602. The molecule has 4 unspecified atom stereocenters. The SMILES string of the molecule is CNC1CC1CCCC1CC1I. The van der Waals surface area contributed by atoms with Crippen molar-refractivity contribution in [3.63, 3.8) is 0 Å². The minimum absolute atomic E-state index is 0.875. The molecule has 0 heterocycles. The topological polar surface area (TPSA) is 12.0 Å². The van der Waals surface area contributed by atoms with Crippen molar-refractivity contribution in [2.75, 3.05) is 7.05 Å². The summed E-state index contributed by atoms with van der Waals surface area (Å²) in [7, 11) is 2.09. The van der Waals surface area contributed by atoms with E-state index in [4.69, 9.17) is 0 Å². The van der Waals surface area contributed by atoms with Gasteiger partial charge in [-0.1, -0.05) is 29.0 Å². The molecular weight excluding hydrogens is 261 g/mol. The number of hydrogen-bond acceptors (Lipinski definition) is 1. The van der Waals surface area contributed by atoms with Crippen LogP contribution >= 0.6 is 22.6 Å². The second kappa shape index (κ2) is 3.82. The van der Waals surface area contributed by atoms with Gasteiger partial charge in [-0.3, -0.25) is 0 Å². The van der Waals surface area contributed by atoms with Crippen molar-refractivity contribution < 1.29 is 0 Å². The van der Waals surface area contributed by atoms with E-state index in [2.05, 4.69) is 35.0 Å². The Hall–Kier alpha value is 0.690. The van der Waals surface area contributed by atoms with Gasteiger partial charge in [-0.15, -0.1) is 0 Å². The first kappa shape index (κ1) is 9.25. The van der Waals surface area contributed by atoms with Crippen LogP contribution in [0.3, 0.4) is 0 Å². The predicted molar refractivity (Wildman–Crippen MR) is 60.7 cm³/mol. The van der Waals surface area contributed by atoms with Crippen LogP contribution in [-0.4, -0.2) is 17.0 Å². The summed E-state index contributed by atoms with van der Waals surface area (Å²) in [6.07, 6.45) is 7.40. The molecule has 0 spiro atoms. The number of hydrogen-bond donors (Lipinski definition) is 1. The first-order valence-electron chi connectivity index (χ1n) is 5.12. The Bertz CT molecular complexity index is 160. The van der Waals surface area contributed by atoms with Crippen LogP contribution in [-0.2, 0) is 0 Å². The minimum Gasteiger partial charge on any atom is -0.317 e. The second-order valence-electron chi connectivity index (χ2n) is 4.33. The second-order valence-corrected chi connectivity index (χ2v) is 5.93. The van der Waals surface area contributed by atoms with Crippen LogP contribution in [0.5, 0.6) is 0 Å². The van der Waals surface area contributed by atoms with Crippen LogP contribution in [0.15, 0.2) is 0 Å². The highest BCUT2D eigenvalue weighted by atomic mass is 127. The summed E-state index contributed by atoms with van der Waals surface area (Å²) in [5.41, 5.74) is 0. The molecule has 2 saturated carbocycles. The van der Waals surface area contributed by atoms with Gasteiger partial charge in [-0.2, -0.15) is 0 Å². The first-order chi connectivity index (χ1) is 5.81. The molecule has 2 aliphatic carbocycles. The molecule has 2 rings (SSSR count). The summed E-state index contributed by atoms with van der Waals surface area (Å²) in [5, 5.41) is 3.35. The molecule has 0 aromatic heterocycles. The molecule has 1 nitrogen and oxygen atoms in total. The van der Waals surface area contributed by atoms with Crippen molar-refractivity contribution in [1.82, 2.24) is 5.32 Å². The normalized spacial score (nSPS) is 44.5. The molecule has 0 aliphatic heterocycles.